The molecule has 6 heteroatoms. The highest BCUT2D eigenvalue weighted by atomic mass is 19.1. The summed E-state index contributed by atoms with van der Waals surface area (Å²) in [5.41, 5.74) is 4.17. The summed E-state index contributed by atoms with van der Waals surface area (Å²) >= 11 is 0. The molecular formula is C20H17F2N3O. The molecule has 0 aliphatic carbocycles. The third-order valence-electron chi connectivity index (χ3n) is 4.69. The lowest BCUT2D eigenvalue weighted by atomic mass is 9.87. The Kier molecular flexibility index (Phi) is 3.83. The highest BCUT2D eigenvalue weighted by Crippen LogP contribution is 2.38. The van der Waals surface area contributed by atoms with Gasteiger partial charge in [0.25, 0.3) is 0 Å². The number of fused-ring (bicyclic) bond motifs is 1. The SMILES string of the molecule is Cc1ccc(-n2ncc3c2NC(=O)CC3c2cc(F)cc(F)c2)c(C)c1. The predicted octanol–water partition coefficient (Wildman–Crippen LogP) is 4.24. The van der Waals surface area contributed by atoms with Crippen LogP contribution in [0.5, 0.6) is 0 Å². The van der Waals surface area contributed by atoms with Crippen LogP contribution < -0.4 is 5.32 Å². The number of benzene rings is 2. The molecule has 0 fully saturated rings. The van der Waals surface area contributed by atoms with Crippen molar-refractivity contribution in [1.29, 1.82) is 0 Å². The second-order valence-corrected chi connectivity index (χ2v) is 6.66. The molecule has 132 valence electrons. The van der Waals surface area contributed by atoms with E-state index in [1.807, 2.05) is 32.0 Å². The van der Waals surface area contributed by atoms with Crippen molar-refractivity contribution in [3.05, 3.63) is 76.5 Å². The van der Waals surface area contributed by atoms with E-state index in [-0.39, 0.29) is 12.3 Å². The molecule has 3 aromatic rings. The lowest BCUT2D eigenvalue weighted by Crippen LogP contribution is -2.24. The fourth-order valence-electron chi connectivity index (χ4n) is 3.52. The maximum Gasteiger partial charge on any atom is 0.226 e. The van der Waals surface area contributed by atoms with Crippen LogP contribution in [0.25, 0.3) is 5.69 Å². The number of halogens is 2. The molecule has 1 aromatic heterocycles. The Hall–Kier alpha value is -3.02. The highest BCUT2D eigenvalue weighted by molar-refractivity contribution is 5.94. The van der Waals surface area contributed by atoms with Gasteiger partial charge in [0.05, 0.1) is 11.9 Å². The van der Waals surface area contributed by atoms with Gasteiger partial charge in [-0.25, -0.2) is 13.5 Å². The minimum atomic E-state index is -0.658. The van der Waals surface area contributed by atoms with Crippen molar-refractivity contribution in [2.75, 3.05) is 5.32 Å². The van der Waals surface area contributed by atoms with Gasteiger partial charge in [-0.3, -0.25) is 4.79 Å². The standard InChI is InChI=1S/C20H17F2N3O/c1-11-3-4-18(12(2)5-11)25-20-17(10-23-25)16(9-19(26)24-20)13-6-14(21)8-15(22)7-13/h3-8,10,16H,9H2,1-2H3,(H,24,26). The molecule has 1 aliphatic rings. The average Bonchev–Trinajstić information content (AvgIpc) is 2.96. The number of aromatic nitrogens is 2. The maximum absolute atomic E-state index is 13.7. The number of aryl methyl sites for hydroxylation is 2. The van der Waals surface area contributed by atoms with E-state index < -0.39 is 17.6 Å². The summed E-state index contributed by atoms with van der Waals surface area (Å²) in [6, 6.07) is 9.31. The lowest BCUT2D eigenvalue weighted by molar-refractivity contribution is -0.116. The third kappa shape index (κ3) is 2.77. The van der Waals surface area contributed by atoms with Gasteiger partial charge in [0, 0.05) is 24.0 Å². The number of carbonyl (C=O) groups excluding carboxylic acids is 1. The molecule has 0 spiro atoms. The Labute approximate surface area is 149 Å². The van der Waals surface area contributed by atoms with Gasteiger partial charge in [-0.15, -0.1) is 0 Å². The number of rotatable bonds is 2. The van der Waals surface area contributed by atoms with Crippen LogP contribution in [0.15, 0.2) is 42.6 Å². The summed E-state index contributed by atoms with van der Waals surface area (Å²) in [7, 11) is 0. The summed E-state index contributed by atoms with van der Waals surface area (Å²) in [6.45, 7) is 3.98. The first-order valence-electron chi connectivity index (χ1n) is 8.34. The number of amides is 1. The van der Waals surface area contributed by atoms with Crippen molar-refractivity contribution < 1.29 is 13.6 Å². The topological polar surface area (TPSA) is 46.9 Å². The van der Waals surface area contributed by atoms with Gasteiger partial charge < -0.3 is 5.32 Å². The Bertz CT molecular complexity index is 1010. The summed E-state index contributed by atoms with van der Waals surface area (Å²) in [5, 5.41) is 7.28. The first-order chi connectivity index (χ1) is 12.4. The second-order valence-electron chi connectivity index (χ2n) is 6.66. The Morgan fingerprint density at radius 2 is 1.85 bits per heavy atom. The number of nitrogens with one attached hydrogen (secondary N) is 1. The molecule has 4 nitrogen and oxygen atoms in total. The van der Waals surface area contributed by atoms with Crippen LogP contribution in [0.2, 0.25) is 0 Å². The number of hydrogen-bond donors (Lipinski definition) is 1. The molecule has 26 heavy (non-hydrogen) atoms. The Balaban J connectivity index is 1.85. The molecule has 1 amide bonds. The minimum absolute atomic E-state index is 0.120. The second kappa shape index (κ2) is 6.05. The lowest BCUT2D eigenvalue weighted by Gasteiger charge is -2.24. The fourth-order valence-corrected chi connectivity index (χ4v) is 3.52. The molecule has 0 radical (unpaired) electrons. The fraction of sp³-hybridized carbons (Fsp3) is 0.200. The summed E-state index contributed by atoms with van der Waals surface area (Å²) in [4.78, 5) is 12.3. The van der Waals surface area contributed by atoms with Gasteiger partial charge in [0.1, 0.15) is 17.5 Å². The quantitative estimate of drug-likeness (QED) is 0.749. The van der Waals surface area contributed by atoms with Crippen LogP contribution in [-0.4, -0.2) is 15.7 Å². The minimum Gasteiger partial charge on any atom is -0.310 e. The predicted molar refractivity (Wildman–Crippen MR) is 94.5 cm³/mol. The summed E-state index contributed by atoms with van der Waals surface area (Å²) < 4.78 is 29.0. The molecule has 4 rings (SSSR count). The van der Waals surface area contributed by atoms with Crippen molar-refractivity contribution in [3.8, 4) is 5.69 Å². The first-order valence-corrected chi connectivity index (χ1v) is 8.34. The molecular weight excluding hydrogens is 336 g/mol. The highest BCUT2D eigenvalue weighted by Gasteiger charge is 2.31. The van der Waals surface area contributed by atoms with Crippen LogP contribution in [0.1, 0.15) is 34.6 Å². The molecule has 0 saturated heterocycles. The molecule has 0 saturated carbocycles. The number of nitrogens with zero attached hydrogens (tertiary/aromatic N) is 2. The normalized spacial score (nSPS) is 16.3. The van der Waals surface area contributed by atoms with Gasteiger partial charge >= 0.3 is 0 Å². The molecule has 1 atom stereocenters. The number of anilines is 1. The number of carbonyl (C=O) groups is 1. The van der Waals surface area contributed by atoms with E-state index in [4.69, 9.17) is 0 Å². The summed E-state index contributed by atoms with van der Waals surface area (Å²) in [5.74, 6) is -1.42. The van der Waals surface area contributed by atoms with E-state index in [0.29, 0.717) is 11.4 Å². The van der Waals surface area contributed by atoms with Crippen molar-refractivity contribution >= 4 is 11.7 Å². The molecule has 0 bridgehead atoms. The molecule has 1 N–H and O–H groups in total. The van der Waals surface area contributed by atoms with E-state index in [0.717, 1.165) is 28.4 Å². The van der Waals surface area contributed by atoms with Gasteiger partial charge in [-0.05, 0) is 43.2 Å². The zero-order valence-corrected chi connectivity index (χ0v) is 14.4. The van der Waals surface area contributed by atoms with Crippen molar-refractivity contribution in [3.63, 3.8) is 0 Å². The summed E-state index contributed by atoms with van der Waals surface area (Å²) in [6.07, 6.45) is 1.77. The first kappa shape index (κ1) is 16.4. The monoisotopic (exact) mass is 353 g/mol. The molecule has 2 aromatic carbocycles. The molecule has 1 unspecified atom stereocenters. The molecule has 1 aliphatic heterocycles. The van der Waals surface area contributed by atoms with Crippen molar-refractivity contribution in [1.82, 2.24) is 9.78 Å². The van der Waals surface area contributed by atoms with Gasteiger partial charge in [0.2, 0.25) is 5.91 Å². The largest absolute Gasteiger partial charge is 0.310 e. The van der Waals surface area contributed by atoms with E-state index in [1.165, 1.54) is 12.1 Å². The average molecular weight is 353 g/mol. The van der Waals surface area contributed by atoms with E-state index in [2.05, 4.69) is 10.4 Å². The third-order valence-corrected chi connectivity index (χ3v) is 4.69. The number of hydrogen-bond acceptors (Lipinski definition) is 2. The Morgan fingerprint density at radius 3 is 2.54 bits per heavy atom. The van der Waals surface area contributed by atoms with Crippen molar-refractivity contribution in [2.45, 2.75) is 26.2 Å². The smallest absolute Gasteiger partial charge is 0.226 e. The van der Waals surface area contributed by atoms with Crippen LogP contribution in [-0.2, 0) is 4.79 Å². The van der Waals surface area contributed by atoms with Gasteiger partial charge in [0.15, 0.2) is 0 Å². The zero-order valence-electron chi connectivity index (χ0n) is 14.4. The van der Waals surface area contributed by atoms with Crippen LogP contribution in [0.4, 0.5) is 14.6 Å². The molecule has 2 heterocycles. The van der Waals surface area contributed by atoms with Crippen LogP contribution >= 0.6 is 0 Å². The van der Waals surface area contributed by atoms with Gasteiger partial charge in [-0.2, -0.15) is 5.10 Å². The van der Waals surface area contributed by atoms with Crippen LogP contribution in [0.3, 0.4) is 0 Å². The van der Waals surface area contributed by atoms with E-state index in [9.17, 15) is 13.6 Å². The van der Waals surface area contributed by atoms with E-state index >= 15 is 0 Å². The van der Waals surface area contributed by atoms with E-state index in [1.54, 1.807) is 10.9 Å². The Morgan fingerprint density at radius 1 is 1.12 bits per heavy atom. The zero-order chi connectivity index (χ0) is 18.4. The van der Waals surface area contributed by atoms with Crippen LogP contribution in [0, 0.1) is 25.5 Å². The maximum atomic E-state index is 13.7. The van der Waals surface area contributed by atoms with Crippen molar-refractivity contribution in [2.24, 2.45) is 0 Å². The van der Waals surface area contributed by atoms with Gasteiger partial charge in [-0.1, -0.05) is 17.7 Å².